The summed E-state index contributed by atoms with van der Waals surface area (Å²) in [5.41, 5.74) is 1.75. The van der Waals surface area contributed by atoms with E-state index in [1.165, 1.54) is 30.3 Å². The number of carbonyl (C=O) groups is 1. The summed E-state index contributed by atoms with van der Waals surface area (Å²) < 4.78 is 12.9. The lowest BCUT2D eigenvalue weighted by Gasteiger charge is -2.18. The molecule has 122 valence electrons. The summed E-state index contributed by atoms with van der Waals surface area (Å²) in [4.78, 5) is 12.2. The van der Waals surface area contributed by atoms with Gasteiger partial charge in [0.15, 0.2) is 0 Å². The fraction of sp³-hybridized carbons (Fsp3) is 0.278. The molecule has 0 aromatic heterocycles. The van der Waals surface area contributed by atoms with E-state index in [-0.39, 0.29) is 23.5 Å². The van der Waals surface area contributed by atoms with Gasteiger partial charge in [0.05, 0.1) is 6.10 Å². The molecule has 0 radical (unpaired) electrons. The van der Waals surface area contributed by atoms with E-state index in [1.807, 2.05) is 0 Å². The van der Waals surface area contributed by atoms with Gasteiger partial charge in [-0.3, -0.25) is 4.79 Å². The molecule has 0 heterocycles. The first kappa shape index (κ1) is 17.0. The fourth-order valence-electron chi connectivity index (χ4n) is 2.42. The molecule has 3 N–H and O–H groups in total. The van der Waals surface area contributed by atoms with Crippen LogP contribution in [-0.2, 0) is 0 Å². The van der Waals surface area contributed by atoms with Crippen LogP contribution in [0.2, 0.25) is 0 Å². The van der Waals surface area contributed by atoms with Crippen LogP contribution in [-0.4, -0.2) is 22.2 Å². The van der Waals surface area contributed by atoms with Crippen molar-refractivity contribution in [2.75, 3.05) is 0 Å². The van der Waals surface area contributed by atoms with Crippen molar-refractivity contribution in [2.45, 2.75) is 32.4 Å². The third-order valence-electron chi connectivity index (χ3n) is 3.53. The second-order valence-corrected chi connectivity index (χ2v) is 5.73. The van der Waals surface area contributed by atoms with Gasteiger partial charge >= 0.3 is 0 Å². The molecule has 0 aliphatic rings. The van der Waals surface area contributed by atoms with Crippen molar-refractivity contribution in [3.05, 3.63) is 65.0 Å². The van der Waals surface area contributed by atoms with E-state index in [2.05, 4.69) is 5.32 Å². The number of phenols is 1. The Hall–Kier alpha value is -2.40. The van der Waals surface area contributed by atoms with Gasteiger partial charge in [-0.15, -0.1) is 0 Å². The lowest BCUT2D eigenvalue weighted by Crippen LogP contribution is -2.33. The molecule has 2 unspecified atom stereocenters. The molecule has 2 aromatic carbocycles. The number of hydrogen-bond donors (Lipinski definition) is 3. The van der Waals surface area contributed by atoms with E-state index in [0.717, 1.165) is 5.56 Å². The number of nitrogens with one attached hydrogen (secondary N) is 1. The van der Waals surface area contributed by atoms with Gasteiger partial charge in [0, 0.05) is 11.6 Å². The van der Waals surface area contributed by atoms with Crippen LogP contribution in [0.5, 0.6) is 5.75 Å². The van der Waals surface area contributed by atoms with Crippen molar-refractivity contribution in [1.82, 2.24) is 5.32 Å². The molecule has 0 saturated heterocycles. The predicted octanol–water partition coefficient (Wildman–Crippen LogP) is 3.08. The average Bonchev–Trinajstić information content (AvgIpc) is 2.46. The summed E-state index contributed by atoms with van der Waals surface area (Å²) in [6.45, 7) is 3.57. The molecule has 5 heteroatoms. The first-order valence-electron chi connectivity index (χ1n) is 7.40. The monoisotopic (exact) mass is 317 g/mol. The second-order valence-electron chi connectivity index (χ2n) is 5.73. The minimum Gasteiger partial charge on any atom is -0.508 e. The van der Waals surface area contributed by atoms with Crippen molar-refractivity contribution in [2.24, 2.45) is 0 Å². The van der Waals surface area contributed by atoms with Gasteiger partial charge in [-0.05, 0) is 61.7 Å². The Morgan fingerprint density at radius 1 is 1.22 bits per heavy atom. The highest BCUT2D eigenvalue weighted by molar-refractivity contribution is 5.95. The van der Waals surface area contributed by atoms with E-state index < -0.39 is 6.10 Å². The number of aliphatic hydroxyl groups is 1. The van der Waals surface area contributed by atoms with E-state index in [4.69, 9.17) is 0 Å². The van der Waals surface area contributed by atoms with E-state index >= 15 is 0 Å². The van der Waals surface area contributed by atoms with E-state index in [1.54, 1.807) is 26.0 Å². The van der Waals surface area contributed by atoms with Gasteiger partial charge in [0.1, 0.15) is 11.6 Å². The molecule has 4 nitrogen and oxygen atoms in total. The number of amides is 1. The molecular formula is C18H20FNO3. The fourth-order valence-corrected chi connectivity index (χ4v) is 2.42. The third kappa shape index (κ3) is 4.79. The molecule has 0 aliphatic heterocycles. The Labute approximate surface area is 134 Å². The van der Waals surface area contributed by atoms with Gasteiger partial charge in [-0.25, -0.2) is 4.39 Å². The van der Waals surface area contributed by atoms with Gasteiger partial charge in [-0.1, -0.05) is 12.1 Å². The zero-order valence-electron chi connectivity index (χ0n) is 13.1. The lowest BCUT2D eigenvalue weighted by atomic mass is 10.0. The molecule has 0 fully saturated rings. The average molecular weight is 317 g/mol. The summed E-state index contributed by atoms with van der Waals surface area (Å²) in [5, 5.41) is 22.5. The maximum absolute atomic E-state index is 12.9. The Morgan fingerprint density at radius 3 is 2.48 bits per heavy atom. The summed E-state index contributed by atoms with van der Waals surface area (Å²) in [7, 11) is 0. The highest BCUT2D eigenvalue weighted by Crippen LogP contribution is 2.19. The van der Waals surface area contributed by atoms with Crippen LogP contribution in [0.15, 0.2) is 42.5 Å². The molecule has 0 aliphatic carbocycles. The number of benzene rings is 2. The molecule has 2 atom stereocenters. The van der Waals surface area contributed by atoms with Crippen molar-refractivity contribution < 1.29 is 19.4 Å². The van der Waals surface area contributed by atoms with Crippen molar-refractivity contribution in [1.29, 1.82) is 0 Å². The SMILES string of the molecule is Cc1cc(O)cc(C(=O)NC(C)CC(O)c2ccc(F)cc2)c1. The molecule has 0 bridgehead atoms. The maximum Gasteiger partial charge on any atom is 0.251 e. The summed E-state index contributed by atoms with van der Waals surface area (Å²) in [6.07, 6.45) is -0.494. The summed E-state index contributed by atoms with van der Waals surface area (Å²) >= 11 is 0. The Bertz CT molecular complexity index is 665. The van der Waals surface area contributed by atoms with Crippen LogP contribution >= 0.6 is 0 Å². The van der Waals surface area contributed by atoms with E-state index in [9.17, 15) is 19.4 Å². The standard InChI is InChI=1S/C18H20FNO3/c1-11-7-14(10-16(21)8-11)18(23)20-12(2)9-17(22)13-3-5-15(19)6-4-13/h3-8,10,12,17,21-22H,9H2,1-2H3,(H,20,23). The smallest absolute Gasteiger partial charge is 0.251 e. The molecule has 2 aromatic rings. The zero-order chi connectivity index (χ0) is 17.0. The number of aryl methyl sites for hydroxylation is 1. The maximum atomic E-state index is 12.9. The number of halogens is 1. The molecular weight excluding hydrogens is 297 g/mol. The first-order chi connectivity index (χ1) is 10.8. The van der Waals surface area contributed by atoms with Crippen LogP contribution in [0.4, 0.5) is 4.39 Å². The van der Waals surface area contributed by atoms with Gasteiger partial charge in [0.2, 0.25) is 0 Å². The number of rotatable bonds is 5. The van der Waals surface area contributed by atoms with Crippen LogP contribution in [0.25, 0.3) is 0 Å². The first-order valence-corrected chi connectivity index (χ1v) is 7.40. The number of phenolic OH excluding ortho intramolecular Hbond substituents is 1. The third-order valence-corrected chi connectivity index (χ3v) is 3.53. The normalized spacial score (nSPS) is 13.4. The summed E-state index contributed by atoms with van der Waals surface area (Å²) in [6, 6.07) is 9.97. The predicted molar refractivity (Wildman–Crippen MR) is 85.7 cm³/mol. The highest BCUT2D eigenvalue weighted by Gasteiger charge is 2.16. The quantitative estimate of drug-likeness (QED) is 0.794. The van der Waals surface area contributed by atoms with Gasteiger partial charge in [0.25, 0.3) is 5.91 Å². The molecule has 0 saturated carbocycles. The number of hydrogen-bond acceptors (Lipinski definition) is 3. The Kier molecular flexibility index (Phi) is 5.34. The molecule has 1 amide bonds. The molecule has 23 heavy (non-hydrogen) atoms. The van der Waals surface area contributed by atoms with Crippen molar-refractivity contribution in [3.63, 3.8) is 0 Å². The van der Waals surface area contributed by atoms with Gasteiger partial charge < -0.3 is 15.5 Å². The Balaban J connectivity index is 1.97. The largest absolute Gasteiger partial charge is 0.508 e. The number of aromatic hydroxyl groups is 1. The van der Waals surface area contributed by atoms with Crippen LogP contribution in [0.1, 0.15) is 40.9 Å². The minimum absolute atomic E-state index is 0.0362. The zero-order valence-corrected chi connectivity index (χ0v) is 13.1. The highest BCUT2D eigenvalue weighted by atomic mass is 19.1. The molecule has 0 spiro atoms. The van der Waals surface area contributed by atoms with Gasteiger partial charge in [-0.2, -0.15) is 0 Å². The minimum atomic E-state index is -0.795. The molecule has 2 rings (SSSR count). The van der Waals surface area contributed by atoms with E-state index in [0.29, 0.717) is 17.5 Å². The summed E-state index contributed by atoms with van der Waals surface area (Å²) in [5.74, 6) is -0.640. The number of carbonyl (C=O) groups excluding carboxylic acids is 1. The van der Waals surface area contributed by atoms with Crippen LogP contribution in [0, 0.1) is 12.7 Å². The Morgan fingerprint density at radius 2 is 1.87 bits per heavy atom. The van der Waals surface area contributed by atoms with Crippen molar-refractivity contribution in [3.8, 4) is 5.75 Å². The van der Waals surface area contributed by atoms with Crippen LogP contribution in [0.3, 0.4) is 0 Å². The van der Waals surface area contributed by atoms with Crippen molar-refractivity contribution >= 4 is 5.91 Å². The second kappa shape index (κ2) is 7.24. The lowest BCUT2D eigenvalue weighted by molar-refractivity contribution is 0.0916. The van der Waals surface area contributed by atoms with Crippen LogP contribution < -0.4 is 5.32 Å². The number of aliphatic hydroxyl groups excluding tert-OH is 1. The topological polar surface area (TPSA) is 69.6 Å².